The van der Waals surface area contributed by atoms with Gasteiger partial charge in [-0.15, -0.1) is 0 Å². The first kappa shape index (κ1) is 16.9. The molecule has 0 saturated heterocycles. The van der Waals surface area contributed by atoms with Gasteiger partial charge in [-0.05, 0) is 39.3 Å². The van der Waals surface area contributed by atoms with Crippen molar-refractivity contribution in [2.75, 3.05) is 6.54 Å². The minimum atomic E-state index is -0.481. The van der Waals surface area contributed by atoms with Crippen molar-refractivity contribution in [3.05, 3.63) is 39.9 Å². The summed E-state index contributed by atoms with van der Waals surface area (Å²) in [4.78, 5) is 11.4. The van der Waals surface area contributed by atoms with Crippen LogP contribution < -0.4 is 5.32 Å². The van der Waals surface area contributed by atoms with Gasteiger partial charge >= 0.3 is 6.09 Å². The smallest absolute Gasteiger partial charge is 0.407 e. The molecule has 1 amide bonds. The number of nitrogens with one attached hydrogen (secondary N) is 1. The van der Waals surface area contributed by atoms with E-state index in [0.29, 0.717) is 23.0 Å². The lowest BCUT2D eigenvalue weighted by atomic mass is 10.2. The summed E-state index contributed by atoms with van der Waals surface area (Å²) in [6, 6.07) is 5.37. The number of carbonyl (C=O) groups excluding carboxylic acids is 1. The number of benzene rings is 1. The van der Waals surface area contributed by atoms with E-state index < -0.39 is 11.7 Å². The average Bonchev–Trinajstić information content (AvgIpc) is 2.29. The summed E-state index contributed by atoms with van der Waals surface area (Å²) in [5.74, 6) is 0. The van der Waals surface area contributed by atoms with Crippen molar-refractivity contribution in [1.82, 2.24) is 5.32 Å². The molecular formula is C15H19Cl2NO2. The Balaban J connectivity index is 2.38. The summed E-state index contributed by atoms with van der Waals surface area (Å²) in [5.41, 5.74) is 0.304. The van der Waals surface area contributed by atoms with Crippen LogP contribution in [-0.4, -0.2) is 18.2 Å². The molecule has 20 heavy (non-hydrogen) atoms. The molecule has 0 aliphatic carbocycles. The summed E-state index contributed by atoms with van der Waals surface area (Å²) in [6.07, 6.45) is 4.01. The summed E-state index contributed by atoms with van der Waals surface area (Å²) < 4.78 is 5.12. The molecule has 0 fully saturated rings. The molecular weight excluding hydrogens is 297 g/mol. The van der Waals surface area contributed by atoms with Crippen LogP contribution in [0.5, 0.6) is 0 Å². The van der Waals surface area contributed by atoms with Crippen molar-refractivity contribution in [3.8, 4) is 0 Å². The normalized spacial score (nSPS) is 11.7. The van der Waals surface area contributed by atoms with Crippen LogP contribution in [0.1, 0.15) is 32.8 Å². The molecule has 0 aliphatic rings. The van der Waals surface area contributed by atoms with Crippen LogP contribution >= 0.6 is 23.2 Å². The van der Waals surface area contributed by atoms with Gasteiger partial charge in [0.1, 0.15) is 5.60 Å². The van der Waals surface area contributed by atoms with E-state index in [4.69, 9.17) is 27.9 Å². The van der Waals surface area contributed by atoms with Crippen molar-refractivity contribution < 1.29 is 9.53 Å². The topological polar surface area (TPSA) is 38.3 Å². The molecule has 0 bridgehead atoms. The van der Waals surface area contributed by atoms with Crippen LogP contribution in [0.2, 0.25) is 10.0 Å². The molecule has 0 atom stereocenters. The maximum absolute atomic E-state index is 11.4. The fraction of sp³-hybridized carbons (Fsp3) is 0.400. The maximum atomic E-state index is 11.4. The molecule has 0 aromatic heterocycles. The van der Waals surface area contributed by atoms with Gasteiger partial charge in [0.15, 0.2) is 0 Å². The molecule has 0 heterocycles. The van der Waals surface area contributed by atoms with Gasteiger partial charge in [0, 0.05) is 22.2 Å². The van der Waals surface area contributed by atoms with E-state index in [1.54, 1.807) is 18.2 Å². The molecule has 1 aromatic carbocycles. The first-order valence-electron chi connectivity index (χ1n) is 6.37. The molecule has 0 unspecified atom stereocenters. The number of amides is 1. The molecule has 110 valence electrons. The largest absolute Gasteiger partial charge is 0.444 e. The van der Waals surface area contributed by atoms with Gasteiger partial charge < -0.3 is 10.1 Å². The monoisotopic (exact) mass is 315 g/mol. The molecule has 1 N–H and O–H groups in total. The first-order valence-corrected chi connectivity index (χ1v) is 7.12. The van der Waals surface area contributed by atoms with Crippen LogP contribution in [0.4, 0.5) is 4.79 Å². The highest BCUT2D eigenvalue weighted by Gasteiger charge is 2.15. The number of rotatable bonds is 4. The van der Waals surface area contributed by atoms with Gasteiger partial charge in [-0.1, -0.05) is 41.4 Å². The lowest BCUT2D eigenvalue weighted by Crippen LogP contribution is -2.32. The molecule has 0 aliphatic heterocycles. The molecule has 3 nitrogen and oxygen atoms in total. The van der Waals surface area contributed by atoms with Gasteiger partial charge in [0.2, 0.25) is 0 Å². The third-order valence-corrected chi connectivity index (χ3v) is 2.92. The fourth-order valence-corrected chi connectivity index (χ4v) is 1.97. The minimum Gasteiger partial charge on any atom is -0.444 e. The van der Waals surface area contributed by atoms with Crippen LogP contribution in [-0.2, 0) is 4.74 Å². The van der Waals surface area contributed by atoms with E-state index in [1.807, 2.05) is 32.9 Å². The second-order valence-corrected chi connectivity index (χ2v) is 6.07. The lowest BCUT2D eigenvalue weighted by Gasteiger charge is -2.19. The molecule has 5 heteroatoms. The second-order valence-electron chi connectivity index (χ2n) is 5.26. The van der Waals surface area contributed by atoms with Crippen LogP contribution in [0, 0.1) is 0 Å². The van der Waals surface area contributed by atoms with Gasteiger partial charge in [0.05, 0.1) is 0 Å². The Morgan fingerprint density at radius 2 is 1.90 bits per heavy atom. The van der Waals surface area contributed by atoms with Gasteiger partial charge in [-0.3, -0.25) is 0 Å². The van der Waals surface area contributed by atoms with Crippen molar-refractivity contribution in [2.24, 2.45) is 0 Å². The third kappa shape index (κ3) is 6.31. The standard InChI is InChI=1S/C15H19Cl2NO2/c1-15(2,3)20-14(19)18-10-5-4-7-11-12(16)8-6-9-13(11)17/h4,6-9H,5,10H2,1-3H3,(H,18,19). The maximum Gasteiger partial charge on any atom is 0.407 e. The zero-order valence-electron chi connectivity index (χ0n) is 11.9. The van der Waals surface area contributed by atoms with E-state index in [1.165, 1.54) is 0 Å². The SMILES string of the molecule is CC(C)(C)OC(=O)NCCC=Cc1c(Cl)cccc1Cl. The van der Waals surface area contributed by atoms with Crippen LogP contribution in [0.3, 0.4) is 0 Å². The van der Waals surface area contributed by atoms with Crippen molar-refractivity contribution >= 4 is 35.4 Å². The summed E-state index contributed by atoms with van der Waals surface area (Å²) in [6.45, 7) is 5.97. The Morgan fingerprint density at radius 3 is 2.45 bits per heavy atom. The molecule has 1 rings (SSSR count). The number of carbonyl (C=O) groups is 1. The van der Waals surface area contributed by atoms with Gasteiger partial charge in [-0.25, -0.2) is 4.79 Å². The number of hydrogen-bond donors (Lipinski definition) is 1. The van der Waals surface area contributed by atoms with Crippen LogP contribution in [0.15, 0.2) is 24.3 Å². The number of alkyl carbamates (subject to hydrolysis) is 1. The third-order valence-electron chi connectivity index (χ3n) is 2.26. The predicted molar refractivity (Wildman–Crippen MR) is 84.3 cm³/mol. The Bertz CT molecular complexity index is 473. The van der Waals surface area contributed by atoms with E-state index >= 15 is 0 Å². The lowest BCUT2D eigenvalue weighted by molar-refractivity contribution is 0.0529. The first-order chi connectivity index (χ1) is 9.29. The van der Waals surface area contributed by atoms with E-state index in [9.17, 15) is 4.79 Å². The number of hydrogen-bond acceptors (Lipinski definition) is 2. The number of halogens is 2. The summed E-state index contributed by atoms with van der Waals surface area (Å²) in [5, 5.41) is 3.89. The molecule has 1 aromatic rings. The molecule has 0 radical (unpaired) electrons. The predicted octanol–water partition coefficient (Wildman–Crippen LogP) is 4.92. The van der Waals surface area contributed by atoms with Crippen molar-refractivity contribution in [1.29, 1.82) is 0 Å². The minimum absolute atomic E-state index is 0.415. The zero-order chi connectivity index (χ0) is 15.2. The van der Waals surface area contributed by atoms with Gasteiger partial charge in [0.25, 0.3) is 0 Å². The van der Waals surface area contributed by atoms with Crippen molar-refractivity contribution in [3.63, 3.8) is 0 Å². The summed E-state index contributed by atoms with van der Waals surface area (Å²) in [7, 11) is 0. The fourth-order valence-electron chi connectivity index (χ4n) is 1.44. The Kier molecular flexibility index (Phi) is 6.37. The number of ether oxygens (including phenoxy) is 1. The Labute approximate surface area is 129 Å². The highest BCUT2D eigenvalue weighted by atomic mass is 35.5. The second kappa shape index (κ2) is 7.55. The van der Waals surface area contributed by atoms with E-state index in [2.05, 4.69) is 5.32 Å². The molecule has 0 spiro atoms. The highest BCUT2D eigenvalue weighted by Crippen LogP contribution is 2.25. The average molecular weight is 316 g/mol. The molecule has 0 saturated carbocycles. The summed E-state index contributed by atoms with van der Waals surface area (Å²) >= 11 is 12.1. The zero-order valence-corrected chi connectivity index (χ0v) is 13.4. The Morgan fingerprint density at radius 1 is 1.30 bits per heavy atom. The van der Waals surface area contributed by atoms with Crippen molar-refractivity contribution in [2.45, 2.75) is 32.8 Å². The quantitative estimate of drug-likeness (QED) is 0.801. The Hall–Kier alpha value is -1.19. The highest BCUT2D eigenvalue weighted by molar-refractivity contribution is 6.37. The van der Waals surface area contributed by atoms with Gasteiger partial charge in [-0.2, -0.15) is 0 Å². The van der Waals surface area contributed by atoms with Crippen LogP contribution in [0.25, 0.3) is 6.08 Å². The van der Waals surface area contributed by atoms with E-state index in [-0.39, 0.29) is 0 Å². The van der Waals surface area contributed by atoms with E-state index in [0.717, 1.165) is 5.56 Å².